The van der Waals surface area contributed by atoms with Gasteiger partial charge in [0.25, 0.3) is 5.91 Å². The molecule has 1 unspecified atom stereocenters. The lowest BCUT2D eigenvalue weighted by Gasteiger charge is -2.24. The molecule has 4 aromatic rings. The molecule has 1 saturated heterocycles. The zero-order valence-electron chi connectivity index (χ0n) is 18.6. The third kappa shape index (κ3) is 4.34. The number of nitrogens with zero attached hydrogens (tertiary/aromatic N) is 4. The van der Waals surface area contributed by atoms with E-state index in [1.54, 1.807) is 28.0 Å². The molecular formula is C26H25N5O3. The summed E-state index contributed by atoms with van der Waals surface area (Å²) in [5.41, 5.74) is 2.28. The molecule has 172 valence electrons. The minimum Gasteiger partial charge on any atom is -0.506 e. The van der Waals surface area contributed by atoms with Crippen LogP contribution in [0.5, 0.6) is 5.75 Å². The number of hydrogen-bond acceptors (Lipinski definition) is 5. The van der Waals surface area contributed by atoms with E-state index in [9.17, 15) is 14.7 Å². The molecular weight excluding hydrogens is 430 g/mol. The lowest BCUT2D eigenvalue weighted by molar-refractivity contribution is -0.125. The van der Waals surface area contributed by atoms with Crippen LogP contribution in [-0.2, 0) is 17.9 Å². The second-order valence-corrected chi connectivity index (χ2v) is 8.47. The maximum atomic E-state index is 13.2. The Hall–Kier alpha value is -4.20. The number of aromatic hydroxyl groups is 1. The summed E-state index contributed by atoms with van der Waals surface area (Å²) in [5.74, 6) is -0.545. The van der Waals surface area contributed by atoms with E-state index in [2.05, 4.69) is 15.4 Å². The van der Waals surface area contributed by atoms with Crippen molar-refractivity contribution in [2.24, 2.45) is 0 Å². The molecule has 0 spiro atoms. The van der Waals surface area contributed by atoms with Crippen LogP contribution in [0.3, 0.4) is 0 Å². The number of amides is 2. The Bertz CT molecular complexity index is 1320. The fraction of sp³-hybridized carbons (Fsp3) is 0.231. The van der Waals surface area contributed by atoms with Gasteiger partial charge < -0.3 is 15.3 Å². The summed E-state index contributed by atoms with van der Waals surface area (Å²) in [6.45, 7) is 1.50. The first-order chi connectivity index (χ1) is 16.6. The van der Waals surface area contributed by atoms with Gasteiger partial charge in [0.15, 0.2) is 0 Å². The second-order valence-electron chi connectivity index (χ2n) is 8.47. The average molecular weight is 456 g/mol. The molecule has 2 amide bonds. The van der Waals surface area contributed by atoms with Crippen LogP contribution in [0.2, 0.25) is 0 Å². The molecule has 1 atom stereocenters. The predicted octanol–water partition coefficient (Wildman–Crippen LogP) is 3.11. The Morgan fingerprint density at radius 1 is 1.03 bits per heavy atom. The van der Waals surface area contributed by atoms with Gasteiger partial charge in [-0.25, -0.2) is 9.67 Å². The normalized spacial score (nSPS) is 15.5. The molecule has 0 bridgehead atoms. The topological polar surface area (TPSA) is 100 Å². The summed E-state index contributed by atoms with van der Waals surface area (Å²) < 4.78 is 1.75. The van der Waals surface area contributed by atoms with E-state index < -0.39 is 6.04 Å². The van der Waals surface area contributed by atoms with E-state index in [0.717, 1.165) is 22.9 Å². The lowest BCUT2D eigenvalue weighted by Crippen LogP contribution is -2.45. The van der Waals surface area contributed by atoms with Gasteiger partial charge in [-0.2, -0.15) is 5.10 Å². The number of phenolic OH excluding ortho intramolecular Hbond substituents is 1. The number of benzene rings is 3. The third-order valence-electron chi connectivity index (χ3n) is 6.25. The monoisotopic (exact) mass is 455 g/mol. The molecule has 34 heavy (non-hydrogen) atoms. The number of hydrogen-bond donors (Lipinski definition) is 2. The number of fused-ring (bicyclic) bond motifs is 1. The molecule has 1 aromatic heterocycles. The van der Waals surface area contributed by atoms with E-state index in [4.69, 9.17) is 0 Å². The highest BCUT2D eigenvalue weighted by Crippen LogP contribution is 2.31. The number of rotatable bonds is 6. The quantitative estimate of drug-likeness (QED) is 0.465. The maximum absolute atomic E-state index is 13.2. The van der Waals surface area contributed by atoms with Gasteiger partial charge in [0, 0.05) is 18.5 Å². The summed E-state index contributed by atoms with van der Waals surface area (Å²) in [6.07, 6.45) is 4.51. The van der Waals surface area contributed by atoms with Crippen LogP contribution in [0, 0.1) is 0 Å². The summed E-state index contributed by atoms with van der Waals surface area (Å²) in [7, 11) is 0. The highest BCUT2D eigenvalue weighted by molar-refractivity contribution is 6.05. The van der Waals surface area contributed by atoms with Gasteiger partial charge in [0.1, 0.15) is 24.4 Å². The highest BCUT2D eigenvalue weighted by atomic mass is 16.3. The molecule has 8 heteroatoms. The molecule has 0 saturated carbocycles. The minimum atomic E-state index is -0.551. The molecule has 5 rings (SSSR count). The third-order valence-corrected chi connectivity index (χ3v) is 6.25. The highest BCUT2D eigenvalue weighted by Gasteiger charge is 2.35. The van der Waals surface area contributed by atoms with Crippen LogP contribution >= 0.6 is 0 Å². The lowest BCUT2D eigenvalue weighted by atomic mass is 10.0. The van der Waals surface area contributed by atoms with Crippen LogP contribution in [-0.4, -0.2) is 49.2 Å². The smallest absolute Gasteiger partial charge is 0.258 e. The number of phenols is 1. The van der Waals surface area contributed by atoms with Crippen molar-refractivity contribution in [3.63, 3.8) is 0 Å². The standard InChI is InChI=1S/C26H25N5O3/c32-24-21-5-2-1-4-20(21)11-12-22(24)26(34)31-13-3-6-23(31)25(33)28-14-18-7-9-19(10-8-18)15-30-17-27-16-29-30/h1-2,4-5,7-12,16-17,23,32H,3,6,13-15H2,(H,28,33). The van der Waals surface area contributed by atoms with Gasteiger partial charge in [-0.15, -0.1) is 0 Å². The Morgan fingerprint density at radius 3 is 2.62 bits per heavy atom. The first kappa shape index (κ1) is 21.6. The maximum Gasteiger partial charge on any atom is 0.258 e. The summed E-state index contributed by atoms with van der Waals surface area (Å²) in [6, 6.07) is 18.2. The van der Waals surface area contributed by atoms with E-state index in [1.165, 1.54) is 6.33 Å². The van der Waals surface area contributed by atoms with Crippen LogP contribution in [0.4, 0.5) is 0 Å². The van der Waals surface area contributed by atoms with Gasteiger partial charge in [0.05, 0.1) is 12.1 Å². The van der Waals surface area contributed by atoms with Crippen LogP contribution in [0.1, 0.15) is 34.3 Å². The van der Waals surface area contributed by atoms with E-state index in [-0.39, 0.29) is 23.1 Å². The zero-order valence-corrected chi connectivity index (χ0v) is 18.6. The Labute approximate surface area is 196 Å². The van der Waals surface area contributed by atoms with Crippen molar-refractivity contribution in [1.82, 2.24) is 25.0 Å². The number of aromatic nitrogens is 3. The first-order valence-electron chi connectivity index (χ1n) is 11.3. The molecule has 0 radical (unpaired) electrons. The fourth-order valence-corrected chi connectivity index (χ4v) is 4.44. The van der Waals surface area contributed by atoms with Crippen molar-refractivity contribution in [3.05, 3.63) is 90.0 Å². The van der Waals surface area contributed by atoms with Crippen molar-refractivity contribution < 1.29 is 14.7 Å². The van der Waals surface area contributed by atoms with Crippen molar-refractivity contribution in [2.45, 2.75) is 32.0 Å². The van der Waals surface area contributed by atoms with Crippen LogP contribution in [0.15, 0.2) is 73.3 Å². The number of carbonyl (C=O) groups excluding carboxylic acids is 2. The SMILES string of the molecule is O=C(NCc1ccc(Cn2cncn2)cc1)C1CCCN1C(=O)c1ccc2ccccc2c1O. The molecule has 2 N–H and O–H groups in total. The summed E-state index contributed by atoms with van der Waals surface area (Å²) in [5, 5.41) is 19.3. The molecule has 2 heterocycles. The van der Waals surface area contributed by atoms with Crippen molar-refractivity contribution in [1.29, 1.82) is 0 Å². The largest absolute Gasteiger partial charge is 0.506 e. The number of nitrogens with one attached hydrogen (secondary N) is 1. The number of carbonyl (C=O) groups is 2. The first-order valence-corrected chi connectivity index (χ1v) is 11.3. The molecule has 3 aromatic carbocycles. The van der Waals surface area contributed by atoms with Crippen molar-refractivity contribution in [3.8, 4) is 5.75 Å². The van der Waals surface area contributed by atoms with E-state index in [0.29, 0.717) is 31.4 Å². The average Bonchev–Trinajstić information content (AvgIpc) is 3.56. The molecule has 1 fully saturated rings. The Balaban J connectivity index is 1.23. The van der Waals surface area contributed by atoms with Crippen molar-refractivity contribution >= 4 is 22.6 Å². The van der Waals surface area contributed by atoms with Crippen LogP contribution in [0.25, 0.3) is 10.8 Å². The molecule has 1 aliphatic heterocycles. The van der Waals surface area contributed by atoms with Gasteiger partial charge in [0.2, 0.25) is 5.91 Å². The second kappa shape index (κ2) is 9.35. The van der Waals surface area contributed by atoms with Crippen molar-refractivity contribution in [2.75, 3.05) is 6.54 Å². The van der Waals surface area contributed by atoms with E-state index >= 15 is 0 Å². The summed E-state index contributed by atoms with van der Waals surface area (Å²) >= 11 is 0. The van der Waals surface area contributed by atoms with Gasteiger partial charge in [-0.3, -0.25) is 9.59 Å². The fourth-order valence-electron chi connectivity index (χ4n) is 4.44. The van der Waals surface area contributed by atoms with Gasteiger partial charge >= 0.3 is 0 Å². The Kier molecular flexibility index (Phi) is 5.95. The van der Waals surface area contributed by atoms with Crippen LogP contribution < -0.4 is 5.32 Å². The summed E-state index contributed by atoms with van der Waals surface area (Å²) in [4.78, 5) is 31.7. The zero-order chi connectivity index (χ0) is 23.5. The molecule has 1 aliphatic rings. The molecule has 0 aliphatic carbocycles. The number of likely N-dealkylation sites (tertiary alicyclic amines) is 1. The molecule has 8 nitrogen and oxygen atoms in total. The minimum absolute atomic E-state index is 0.0415. The van der Waals surface area contributed by atoms with Gasteiger partial charge in [-0.1, -0.05) is 54.6 Å². The van der Waals surface area contributed by atoms with E-state index in [1.807, 2.05) is 48.5 Å². The Morgan fingerprint density at radius 2 is 1.82 bits per heavy atom. The predicted molar refractivity (Wildman–Crippen MR) is 127 cm³/mol. The van der Waals surface area contributed by atoms with Gasteiger partial charge in [-0.05, 0) is 35.4 Å².